The maximum Gasteiger partial charge on any atom is 0.253 e. The van der Waals surface area contributed by atoms with Crippen molar-refractivity contribution in [1.82, 2.24) is 4.90 Å². The quantitative estimate of drug-likeness (QED) is 0.753. The van der Waals surface area contributed by atoms with Gasteiger partial charge in [-0.2, -0.15) is 0 Å². The molecule has 27 heavy (non-hydrogen) atoms. The van der Waals surface area contributed by atoms with Crippen LogP contribution in [0.5, 0.6) is 5.75 Å². The maximum atomic E-state index is 13.4. The van der Waals surface area contributed by atoms with E-state index in [0.717, 1.165) is 25.9 Å². The Balaban J connectivity index is 1.41. The summed E-state index contributed by atoms with van der Waals surface area (Å²) < 4.78 is 18.8. The van der Waals surface area contributed by atoms with Crippen molar-refractivity contribution in [2.24, 2.45) is 0 Å². The fourth-order valence-corrected chi connectivity index (χ4v) is 3.00. The lowest BCUT2D eigenvalue weighted by molar-refractivity contribution is -0.116. The first-order valence-corrected chi connectivity index (χ1v) is 9.20. The lowest BCUT2D eigenvalue weighted by Crippen LogP contribution is -2.27. The van der Waals surface area contributed by atoms with Gasteiger partial charge in [-0.3, -0.25) is 9.59 Å². The van der Waals surface area contributed by atoms with Crippen molar-refractivity contribution in [2.75, 3.05) is 25.0 Å². The molecule has 2 amide bonds. The second kappa shape index (κ2) is 9.16. The number of benzene rings is 2. The zero-order valence-corrected chi connectivity index (χ0v) is 15.1. The van der Waals surface area contributed by atoms with Crippen LogP contribution in [-0.2, 0) is 4.79 Å². The molecule has 0 saturated carbocycles. The predicted octanol–water partition coefficient (Wildman–Crippen LogP) is 3.86. The smallest absolute Gasteiger partial charge is 0.253 e. The minimum absolute atomic E-state index is 0.0377. The molecule has 2 aromatic rings. The van der Waals surface area contributed by atoms with Crippen molar-refractivity contribution in [3.63, 3.8) is 0 Å². The minimum atomic E-state index is -0.412. The summed E-state index contributed by atoms with van der Waals surface area (Å²) in [7, 11) is 0. The monoisotopic (exact) mass is 370 g/mol. The number of anilines is 1. The average molecular weight is 370 g/mol. The molecule has 0 atom stereocenters. The predicted molar refractivity (Wildman–Crippen MR) is 101 cm³/mol. The van der Waals surface area contributed by atoms with Gasteiger partial charge in [0, 0.05) is 30.8 Å². The molecule has 1 N–H and O–H groups in total. The summed E-state index contributed by atoms with van der Waals surface area (Å²) in [6.45, 7) is 1.89. The van der Waals surface area contributed by atoms with Gasteiger partial charge >= 0.3 is 0 Å². The molecular formula is C21H23FN2O3. The van der Waals surface area contributed by atoms with Gasteiger partial charge in [-0.05, 0) is 55.7 Å². The molecule has 5 nitrogen and oxygen atoms in total. The molecule has 0 bridgehead atoms. The van der Waals surface area contributed by atoms with E-state index < -0.39 is 5.82 Å². The first kappa shape index (κ1) is 18.9. The Kier molecular flexibility index (Phi) is 6.41. The number of likely N-dealkylation sites (tertiary alicyclic amines) is 1. The van der Waals surface area contributed by atoms with Crippen molar-refractivity contribution < 1.29 is 18.7 Å². The van der Waals surface area contributed by atoms with E-state index in [1.165, 1.54) is 6.07 Å². The molecule has 0 aromatic heterocycles. The SMILES string of the molecule is O=C(CCCOc1ccccc1F)Nc1ccc(C(=O)N2CCCC2)cc1. The highest BCUT2D eigenvalue weighted by molar-refractivity contribution is 5.96. The standard InChI is InChI=1S/C21H23FN2O3/c22-18-6-1-2-7-19(18)27-15-5-8-20(25)23-17-11-9-16(10-12-17)21(26)24-13-3-4-14-24/h1-2,6-7,9-12H,3-5,8,13-15H2,(H,23,25). The Morgan fingerprint density at radius 2 is 1.74 bits per heavy atom. The van der Waals surface area contributed by atoms with Gasteiger partial charge < -0.3 is 15.0 Å². The molecule has 142 valence electrons. The van der Waals surface area contributed by atoms with Gasteiger partial charge in [-0.15, -0.1) is 0 Å². The summed E-state index contributed by atoms with van der Waals surface area (Å²) in [5.41, 5.74) is 1.28. The number of hydrogen-bond acceptors (Lipinski definition) is 3. The summed E-state index contributed by atoms with van der Waals surface area (Å²) in [5, 5.41) is 2.79. The van der Waals surface area contributed by atoms with Crippen LogP contribution in [0.3, 0.4) is 0 Å². The summed E-state index contributed by atoms with van der Waals surface area (Å²) in [4.78, 5) is 26.1. The van der Waals surface area contributed by atoms with Gasteiger partial charge in [0.15, 0.2) is 11.6 Å². The first-order chi connectivity index (χ1) is 13.1. The van der Waals surface area contributed by atoms with Gasteiger partial charge in [0.2, 0.25) is 5.91 Å². The first-order valence-electron chi connectivity index (χ1n) is 9.20. The van der Waals surface area contributed by atoms with E-state index >= 15 is 0 Å². The number of nitrogens with zero attached hydrogens (tertiary/aromatic N) is 1. The molecule has 3 rings (SSSR count). The van der Waals surface area contributed by atoms with Gasteiger partial charge in [0.05, 0.1) is 6.61 Å². The van der Waals surface area contributed by atoms with Crippen molar-refractivity contribution in [1.29, 1.82) is 0 Å². The molecule has 0 spiro atoms. The number of para-hydroxylation sites is 1. The average Bonchev–Trinajstić information content (AvgIpc) is 3.21. The molecule has 1 aliphatic rings. The summed E-state index contributed by atoms with van der Waals surface area (Å²) in [6.07, 6.45) is 2.86. The number of rotatable bonds is 7. The number of ether oxygens (including phenoxy) is 1. The number of carbonyl (C=O) groups excluding carboxylic acids is 2. The van der Waals surface area contributed by atoms with Crippen LogP contribution in [-0.4, -0.2) is 36.4 Å². The third-order valence-corrected chi connectivity index (χ3v) is 4.45. The topological polar surface area (TPSA) is 58.6 Å². The second-order valence-corrected chi connectivity index (χ2v) is 6.51. The van der Waals surface area contributed by atoms with E-state index in [4.69, 9.17) is 4.74 Å². The van der Waals surface area contributed by atoms with Crippen LogP contribution in [0.1, 0.15) is 36.0 Å². The number of nitrogens with one attached hydrogen (secondary N) is 1. The fraction of sp³-hybridized carbons (Fsp3) is 0.333. The highest BCUT2D eigenvalue weighted by Gasteiger charge is 2.19. The van der Waals surface area contributed by atoms with Crippen molar-refractivity contribution >= 4 is 17.5 Å². The summed E-state index contributed by atoms with van der Waals surface area (Å²) in [5.74, 6) is -0.330. The van der Waals surface area contributed by atoms with Crippen LogP contribution in [0.25, 0.3) is 0 Å². The molecule has 1 saturated heterocycles. The Morgan fingerprint density at radius 3 is 2.44 bits per heavy atom. The Labute approximate surface area is 158 Å². The zero-order chi connectivity index (χ0) is 19.1. The van der Waals surface area contributed by atoms with Crippen molar-refractivity contribution in [2.45, 2.75) is 25.7 Å². The van der Waals surface area contributed by atoms with Crippen LogP contribution < -0.4 is 10.1 Å². The largest absolute Gasteiger partial charge is 0.491 e. The van der Waals surface area contributed by atoms with Crippen LogP contribution in [0, 0.1) is 5.82 Å². The normalized spacial score (nSPS) is 13.4. The number of amides is 2. The van der Waals surface area contributed by atoms with Gasteiger partial charge in [0.25, 0.3) is 5.91 Å². The summed E-state index contributed by atoms with van der Waals surface area (Å²) in [6, 6.07) is 13.1. The molecule has 1 aliphatic heterocycles. The molecule has 1 heterocycles. The molecular weight excluding hydrogens is 347 g/mol. The second-order valence-electron chi connectivity index (χ2n) is 6.51. The Morgan fingerprint density at radius 1 is 1.04 bits per heavy atom. The Hall–Kier alpha value is -2.89. The van der Waals surface area contributed by atoms with Crippen LogP contribution in [0.15, 0.2) is 48.5 Å². The number of halogens is 1. The molecule has 0 aliphatic carbocycles. The van der Waals surface area contributed by atoms with Gasteiger partial charge in [-0.1, -0.05) is 12.1 Å². The lowest BCUT2D eigenvalue weighted by Gasteiger charge is -2.15. The van der Waals surface area contributed by atoms with E-state index in [1.54, 1.807) is 42.5 Å². The van der Waals surface area contributed by atoms with E-state index in [0.29, 0.717) is 17.7 Å². The highest BCUT2D eigenvalue weighted by Crippen LogP contribution is 2.17. The van der Waals surface area contributed by atoms with E-state index in [2.05, 4.69) is 5.32 Å². The molecule has 0 unspecified atom stereocenters. The zero-order valence-electron chi connectivity index (χ0n) is 15.1. The van der Waals surface area contributed by atoms with E-state index in [9.17, 15) is 14.0 Å². The van der Waals surface area contributed by atoms with Crippen LogP contribution >= 0.6 is 0 Å². The minimum Gasteiger partial charge on any atom is -0.491 e. The van der Waals surface area contributed by atoms with Gasteiger partial charge in [-0.25, -0.2) is 4.39 Å². The number of hydrogen-bond donors (Lipinski definition) is 1. The lowest BCUT2D eigenvalue weighted by atomic mass is 10.2. The molecule has 0 radical (unpaired) electrons. The number of carbonyl (C=O) groups is 2. The van der Waals surface area contributed by atoms with Gasteiger partial charge in [0.1, 0.15) is 0 Å². The van der Waals surface area contributed by atoms with Crippen LogP contribution in [0.4, 0.5) is 10.1 Å². The Bertz CT molecular complexity index is 786. The third kappa shape index (κ3) is 5.29. The fourth-order valence-electron chi connectivity index (χ4n) is 3.00. The molecule has 1 fully saturated rings. The van der Waals surface area contributed by atoms with Crippen molar-refractivity contribution in [3.05, 3.63) is 59.9 Å². The summed E-state index contributed by atoms with van der Waals surface area (Å²) >= 11 is 0. The highest BCUT2D eigenvalue weighted by atomic mass is 19.1. The van der Waals surface area contributed by atoms with E-state index in [1.807, 2.05) is 4.90 Å². The van der Waals surface area contributed by atoms with E-state index in [-0.39, 0.29) is 30.6 Å². The van der Waals surface area contributed by atoms with Crippen LogP contribution in [0.2, 0.25) is 0 Å². The molecule has 2 aromatic carbocycles. The molecule has 6 heteroatoms. The third-order valence-electron chi connectivity index (χ3n) is 4.45. The maximum absolute atomic E-state index is 13.4. The van der Waals surface area contributed by atoms with Crippen molar-refractivity contribution in [3.8, 4) is 5.75 Å².